The minimum absolute atomic E-state index is 0.0213. The second-order valence-corrected chi connectivity index (χ2v) is 11.1. The zero-order valence-electron chi connectivity index (χ0n) is 24.8. The van der Waals surface area contributed by atoms with Gasteiger partial charge in [-0.3, -0.25) is 29.3 Å². The van der Waals surface area contributed by atoms with E-state index in [0.717, 1.165) is 11.8 Å². The van der Waals surface area contributed by atoms with Crippen molar-refractivity contribution in [3.05, 3.63) is 94.2 Å². The SMILES string of the molecule is N[C@@H](Cc1ccc(O)cc1)C(=O)NCC(=O)NCC(=O)N[C@H](Cc1ccccc1)C(=O)N[C@@H](CSc1ncccc1[N+](=O)[O-])C(=O)O. The Morgan fingerprint density at radius 2 is 1.49 bits per heavy atom. The normalized spacial score (nSPS) is 12.5. The number of thioether (sulfide) groups is 1. The fraction of sp³-hybridized carbons (Fsp3) is 0.267. The number of nitrogens with zero attached hydrogens (tertiary/aromatic N) is 2. The van der Waals surface area contributed by atoms with Gasteiger partial charge in [0.15, 0.2) is 5.03 Å². The minimum atomic E-state index is -1.49. The van der Waals surface area contributed by atoms with E-state index in [4.69, 9.17) is 5.73 Å². The van der Waals surface area contributed by atoms with Crippen LogP contribution in [0, 0.1) is 10.1 Å². The number of rotatable bonds is 17. The number of phenolic OH excluding ortho intramolecular Hbond substituents is 1. The number of benzene rings is 2. The summed E-state index contributed by atoms with van der Waals surface area (Å²) in [7, 11) is 0. The highest BCUT2D eigenvalue weighted by Gasteiger charge is 2.28. The monoisotopic (exact) mass is 667 g/mol. The van der Waals surface area contributed by atoms with E-state index in [2.05, 4.69) is 26.3 Å². The van der Waals surface area contributed by atoms with Crippen LogP contribution < -0.4 is 27.0 Å². The van der Waals surface area contributed by atoms with Gasteiger partial charge in [-0.1, -0.05) is 54.2 Å². The first-order valence-electron chi connectivity index (χ1n) is 14.1. The standard InChI is InChI=1S/C30H33N7O9S/c31-21(13-19-8-10-20(38)11-9-19)27(41)34-15-25(39)33-16-26(40)35-22(14-18-5-2-1-3-6-18)28(42)36-23(30(43)44)17-47-29-24(37(45)46)7-4-12-32-29/h1-12,21-23,38H,13-17,31H2,(H,33,39)(H,34,41)(H,35,40)(H,36,42)(H,43,44)/t21-,22+,23-/m0/s1. The molecule has 0 bridgehead atoms. The number of nitro groups is 1. The number of aromatic nitrogens is 1. The molecule has 0 saturated heterocycles. The summed E-state index contributed by atoms with van der Waals surface area (Å²) in [6, 6.07) is 13.6. The molecular weight excluding hydrogens is 634 g/mol. The Bertz CT molecular complexity index is 1580. The van der Waals surface area contributed by atoms with Crippen LogP contribution in [0.3, 0.4) is 0 Å². The van der Waals surface area contributed by atoms with Crippen LogP contribution in [0.5, 0.6) is 5.75 Å². The van der Waals surface area contributed by atoms with Gasteiger partial charge in [0.05, 0.1) is 24.1 Å². The van der Waals surface area contributed by atoms with Crippen molar-refractivity contribution in [2.75, 3.05) is 18.8 Å². The number of hydrogen-bond donors (Lipinski definition) is 7. The molecule has 17 heteroatoms. The van der Waals surface area contributed by atoms with Crippen molar-refractivity contribution in [2.24, 2.45) is 5.73 Å². The van der Waals surface area contributed by atoms with Crippen LogP contribution in [0.4, 0.5) is 5.69 Å². The first kappa shape index (κ1) is 35.9. The Kier molecular flexibility index (Phi) is 13.6. The summed E-state index contributed by atoms with van der Waals surface area (Å²) in [5.74, 6) is -4.57. The predicted molar refractivity (Wildman–Crippen MR) is 169 cm³/mol. The van der Waals surface area contributed by atoms with E-state index >= 15 is 0 Å². The summed E-state index contributed by atoms with van der Waals surface area (Å²) >= 11 is 0.774. The van der Waals surface area contributed by atoms with E-state index in [1.165, 1.54) is 30.5 Å². The molecule has 4 amide bonds. The first-order valence-corrected chi connectivity index (χ1v) is 15.1. The molecule has 3 aromatic rings. The summed E-state index contributed by atoms with van der Waals surface area (Å²) in [6.07, 6.45) is 1.45. The third kappa shape index (κ3) is 12.0. The molecular formula is C30H33N7O9S. The molecule has 3 atom stereocenters. The Morgan fingerprint density at radius 3 is 2.15 bits per heavy atom. The number of nitrogens with two attached hydrogens (primary N) is 1. The molecule has 2 aromatic carbocycles. The number of carboxylic acids is 1. The fourth-order valence-electron chi connectivity index (χ4n) is 4.06. The molecule has 0 aliphatic carbocycles. The van der Waals surface area contributed by atoms with Gasteiger partial charge in [-0.15, -0.1) is 0 Å². The number of carboxylic acid groups (broad SMARTS) is 1. The van der Waals surface area contributed by atoms with Gasteiger partial charge in [-0.2, -0.15) is 0 Å². The average Bonchev–Trinajstić information content (AvgIpc) is 3.05. The number of carbonyl (C=O) groups is 5. The summed E-state index contributed by atoms with van der Waals surface area (Å²) in [5.41, 5.74) is 6.91. The van der Waals surface area contributed by atoms with Crippen LogP contribution in [-0.4, -0.2) is 86.7 Å². The van der Waals surface area contributed by atoms with Crippen LogP contribution >= 0.6 is 11.8 Å². The van der Waals surface area contributed by atoms with E-state index in [0.29, 0.717) is 11.1 Å². The number of aromatic hydroxyl groups is 1. The Balaban J connectivity index is 1.55. The molecule has 0 aliphatic heterocycles. The molecule has 0 saturated carbocycles. The Morgan fingerprint density at radius 1 is 0.830 bits per heavy atom. The molecule has 248 valence electrons. The lowest BCUT2D eigenvalue weighted by Crippen LogP contribution is -2.54. The van der Waals surface area contributed by atoms with Crippen molar-refractivity contribution >= 4 is 47.0 Å². The van der Waals surface area contributed by atoms with Crippen molar-refractivity contribution < 1.29 is 39.1 Å². The molecule has 3 rings (SSSR count). The average molecular weight is 668 g/mol. The molecule has 8 N–H and O–H groups in total. The largest absolute Gasteiger partial charge is 0.508 e. The van der Waals surface area contributed by atoms with Crippen molar-refractivity contribution in [2.45, 2.75) is 36.0 Å². The van der Waals surface area contributed by atoms with Crippen molar-refractivity contribution in [3.8, 4) is 5.75 Å². The van der Waals surface area contributed by atoms with Gasteiger partial charge in [-0.25, -0.2) is 9.78 Å². The van der Waals surface area contributed by atoms with Crippen molar-refractivity contribution in [3.63, 3.8) is 0 Å². The Labute approximate surface area is 272 Å². The molecule has 1 aromatic heterocycles. The summed E-state index contributed by atoms with van der Waals surface area (Å²) in [4.78, 5) is 77.0. The fourth-order valence-corrected chi connectivity index (χ4v) is 5.04. The van der Waals surface area contributed by atoms with Gasteiger partial charge in [0, 0.05) is 24.4 Å². The van der Waals surface area contributed by atoms with Gasteiger partial charge in [0.25, 0.3) is 0 Å². The third-order valence-electron chi connectivity index (χ3n) is 6.48. The third-order valence-corrected chi connectivity index (χ3v) is 7.57. The van der Waals surface area contributed by atoms with E-state index in [9.17, 15) is 44.3 Å². The number of nitrogens with one attached hydrogen (secondary N) is 4. The van der Waals surface area contributed by atoms with Gasteiger partial charge in [-0.05, 0) is 35.7 Å². The number of hydrogen-bond acceptors (Lipinski definition) is 11. The van der Waals surface area contributed by atoms with E-state index in [-0.39, 0.29) is 35.1 Å². The van der Waals surface area contributed by atoms with Crippen LogP contribution in [0.2, 0.25) is 0 Å². The highest BCUT2D eigenvalue weighted by molar-refractivity contribution is 7.99. The van der Waals surface area contributed by atoms with Crippen LogP contribution in [0.25, 0.3) is 0 Å². The summed E-state index contributed by atoms with van der Waals surface area (Å²) < 4.78 is 0. The second kappa shape index (κ2) is 17.8. The lowest BCUT2D eigenvalue weighted by Gasteiger charge is -2.21. The molecule has 47 heavy (non-hydrogen) atoms. The van der Waals surface area contributed by atoms with Gasteiger partial charge in [0.2, 0.25) is 23.6 Å². The lowest BCUT2D eigenvalue weighted by atomic mass is 10.0. The quantitative estimate of drug-likeness (QED) is 0.0565. The predicted octanol–water partition coefficient (Wildman–Crippen LogP) is -0.113. The summed E-state index contributed by atoms with van der Waals surface area (Å²) in [6.45, 7) is -1.04. The van der Waals surface area contributed by atoms with Crippen LogP contribution in [0.1, 0.15) is 11.1 Å². The van der Waals surface area contributed by atoms with Crippen molar-refractivity contribution in [1.29, 1.82) is 0 Å². The maximum atomic E-state index is 13.2. The molecule has 0 aliphatic rings. The second-order valence-electron chi connectivity index (χ2n) is 10.1. The first-order chi connectivity index (χ1) is 22.4. The number of carbonyl (C=O) groups excluding carboxylic acids is 4. The zero-order chi connectivity index (χ0) is 34.3. The highest BCUT2D eigenvalue weighted by Crippen LogP contribution is 2.26. The Hall–Kier alpha value is -5.55. The van der Waals surface area contributed by atoms with Gasteiger partial charge in [0.1, 0.15) is 17.8 Å². The maximum absolute atomic E-state index is 13.2. The maximum Gasteiger partial charge on any atom is 0.327 e. The number of aliphatic carboxylic acids is 1. The smallest absolute Gasteiger partial charge is 0.327 e. The number of amides is 4. The number of pyridine rings is 1. The minimum Gasteiger partial charge on any atom is -0.508 e. The molecule has 0 radical (unpaired) electrons. The van der Waals surface area contributed by atoms with Gasteiger partial charge < -0.3 is 37.2 Å². The molecule has 0 spiro atoms. The van der Waals surface area contributed by atoms with E-state index < -0.39 is 65.7 Å². The zero-order valence-corrected chi connectivity index (χ0v) is 25.6. The summed E-state index contributed by atoms with van der Waals surface area (Å²) in [5, 5.41) is 39.9. The van der Waals surface area contributed by atoms with E-state index in [1.54, 1.807) is 42.5 Å². The molecule has 16 nitrogen and oxygen atoms in total. The van der Waals surface area contributed by atoms with Crippen molar-refractivity contribution in [1.82, 2.24) is 26.3 Å². The molecule has 1 heterocycles. The highest BCUT2D eigenvalue weighted by atomic mass is 32.2. The van der Waals surface area contributed by atoms with E-state index in [1.807, 2.05) is 0 Å². The lowest BCUT2D eigenvalue weighted by molar-refractivity contribution is -0.388. The number of phenols is 1. The van der Waals surface area contributed by atoms with Crippen LogP contribution in [0.15, 0.2) is 78.0 Å². The molecule has 0 fully saturated rings. The van der Waals surface area contributed by atoms with Crippen LogP contribution in [-0.2, 0) is 36.8 Å². The van der Waals surface area contributed by atoms with Gasteiger partial charge >= 0.3 is 11.7 Å². The molecule has 0 unspecified atom stereocenters. The topological polar surface area (TPSA) is 256 Å².